The van der Waals surface area contributed by atoms with Gasteiger partial charge in [0.05, 0.1) is 0 Å². The SMILES string of the molecule is O=C(CC1CCCC1)Nc1ccc(C(=O)N2CCCCC2)cc1. The van der Waals surface area contributed by atoms with Crippen molar-refractivity contribution in [2.45, 2.75) is 51.4 Å². The average molecular weight is 314 g/mol. The third-order valence-corrected chi connectivity index (χ3v) is 5.01. The van der Waals surface area contributed by atoms with Crippen molar-refractivity contribution in [3.8, 4) is 0 Å². The molecule has 1 saturated carbocycles. The van der Waals surface area contributed by atoms with Crippen molar-refractivity contribution in [2.75, 3.05) is 18.4 Å². The van der Waals surface area contributed by atoms with E-state index in [1.54, 1.807) is 0 Å². The summed E-state index contributed by atoms with van der Waals surface area (Å²) in [6, 6.07) is 7.32. The van der Waals surface area contributed by atoms with Crippen molar-refractivity contribution in [1.82, 2.24) is 4.90 Å². The summed E-state index contributed by atoms with van der Waals surface area (Å²) in [7, 11) is 0. The van der Waals surface area contributed by atoms with Gasteiger partial charge >= 0.3 is 0 Å². The van der Waals surface area contributed by atoms with Gasteiger partial charge in [0.15, 0.2) is 0 Å². The van der Waals surface area contributed by atoms with Gasteiger partial charge in [0.2, 0.25) is 5.91 Å². The molecule has 124 valence electrons. The molecule has 2 aliphatic rings. The minimum atomic E-state index is 0.0898. The highest BCUT2D eigenvalue weighted by molar-refractivity contribution is 5.95. The molecule has 4 heteroatoms. The zero-order chi connectivity index (χ0) is 16.1. The first-order chi connectivity index (χ1) is 11.2. The Kier molecular flexibility index (Phi) is 5.31. The standard InChI is InChI=1S/C19H26N2O2/c22-18(14-15-6-2-3-7-15)20-17-10-8-16(9-11-17)19(23)21-12-4-1-5-13-21/h8-11,15H,1-7,12-14H2,(H,20,22). The number of likely N-dealkylation sites (tertiary alicyclic amines) is 1. The van der Waals surface area contributed by atoms with E-state index in [0.717, 1.165) is 31.6 Å². The molecule has 0 atom stereocenters. The third kappa shape index (κ3) is 4.34. The van der Waals surface area contributed by atoms with Crippen molar-refractivity contribution in [2.24, 2.45) is 5.92 Å². The molecule has 2 fully saturated rings. The normalized spacial score (nSPS) is 18.9. The number of anilines is 1. The fraction of sp³-hybridized carbons (Fsp3) is 0.579. The maximum atomic E-state index is 12.4. The van der Waals surface area contributed by atoms with E-state index in [1.807, 2.05) is 29.2 Å². The summed E-state index contributed by atoms with van der Waals surface area (Å²) in [5.74, 6) is 0.746. The van der Waals surface area contributed by atoms with Gasteiger partial charge in [-0.1, -0.05) is 12.8 Å². The molecule has 1 N–H and O–H groups in total. The average Bonchev–Trinajstić information content (AvgIpc) is 3.08. The fourth-order valence-electron chi connectivity index (χ4n) is 3.66. The van der Waals surface area contributed by atoms with E-state index >= 15 is 0 Å². The lowest BCUT2D eigenvalue weighted by Crippen LogP contribution is -2.35. The molecule has 1 heterocycles. The van der Waals surface area contributed by atoms with Gasteiger partial charge in [-0.3, -0.25) is 9.59 Å². The Bertz CT molecular complexity index is 541. The van der Waals surface area contributed by atoms with E-state index in [-0.39, 0.29) is 11.8 Å². The number of hydrogen-bond acceptors (Lipinski definition) is 2. The van der Waals surface area contributed by atoms with Crippen molar-refractivity contribution in [3.63, 3.8) is 0 Å². The molecule has 4 nitrogen and oxygen atoms in total. The number of nitrogens with zero attached hydrogens (tertiary/aromatic N) is 1. The van der Waals surface area contributed by atoms with Crippen LogP contribution >= 0.6 is 0 Å². The molecular weight excluding hydrogens is 288 g/mol. The van der Waals surface area contributed by atoms with Gasteiger partial charge in [-0.05, 0) is 62.3 Å². The number of nitrogens with one attached hydrogen (secondary N) is 1. The number of amides is 2. The number of piperidine rings is 1. The number of rotatable bonds is 4. The number of benzene rings is 1. The lowest BCUT2D eigenvalue weighted by molar-refractivity contribution is -0.117. The summed E-state index contributed by atoms with van der Waals surface area (Å²) >= 11 is 0. The summed E-state index contributed by atoms with van der Waals surface area (Å²) in [6.07, 6.45) is 8.90. The van der Waals surface area contributed by atoms with Crippen LogP contribution in [0.2, 0.25) is 0 Å². The van der Waals surface area contributed by atoms with Gasteiger partial charge in [-0.2, -0.15) is 0 Å². The molecule has 0 spiro atoms. The van der Waals surface area contributed by atoms with E-state index in [1.165, 1.54) is 32.1 Å². The fourth-order valence-corrected chi connectivity index (χ4v) is 3.66. The van der Waals surface area contributed by atoms with Gasteiger partial charge in [-0.15, -0.1) is 0 Å². The molecule has 1 saturated heterocycles. The van der Waals surface area contributed by atoms with E-state index in [4.69, 9.17) is 0 Å². The second-order valence-corrected chi connectivity index (χ2v) is 6.83. The van der Waals surface area contributed by atoms with E-state index < -0.39 is 0 Å². The van der Waals surface area contributed by atoms with Crippen LogP contribution in [0.4, 0.5) is 5.69 Å². The molecule has 0 radical (unpaired) electrons. The Morgan fingerprint density at radius 1 is 0.957 bits per heavy atom. The van der Waals surface area contributed by atoms with E-state index in [9.17, 15) is 9.59 Å². The molecule has 0 unspecified atom stereocenters. The van der Waals surface area contributed by atoms with Crippen LogP contribution in [0.15, 0.2) is 24.3 Å². The maximum Gasteiger partial charge on any atom is 0.253 e. The second kappa shape index (κ2) is 7.62. The van der Waals surface area contributed by atoms with Crippen molar-refractivity contribution in [1.29, 1.82) is 0 Å². The summed E-state index contributed by atoms with van der Waals surface area (Å²) in [6.45, 7) is 1.72. The van der Waals surface area contributed by atoms with Crippen LogP contribution in [0.1, 0.15) is 61.7 Å². The van der Waals surface area contributed by atoms with Crippen molar-refractivity contribution in [3.05, 3.63) is 29.8 Å². The smallest absolute Gasteiger partial charge is 0.253 e. The molecule has 23 heavy (non-hydrogen) atoms. The molecule has 1 aromatic carbocycles. The van der Waals surface area contributed by atoms with Crippen molar-refractivity contribution >= 4 is 17.5 Å². The first-order valence-corrected chi connectivity index (χ1v) is 8.91. The highest BCUT2D eigenvalue weighted by atomic mass is 16.2. The predicted octanol–water partition coefficient (Wildman–Crippen LogP) is 3.83. The molecule has 1 aliphatic carbocycles. The maximum absolute atomic E-state index is 12.4. The lowest BCUT2D eigenvalue weighted by Gasteiger charge is -2.26. The molecular formula is C19H26N2O2. The molecule has 1 aliphatic heterocycles. The second-order valence-electron chi connectivity index (χ2n) is 6.83. The molecule has 1 aromatic rings. The minimum absolute atomic E-state index is 0.0898. The number of hydrogen-bond donors (Lipinski definition) is 1. The van der Waals surface area contributed by atoms with Crippen LogP contribution in [0.5, 0.6) is 0 Å². The Labute approximate surface area is 138 Å². The van der Waals surface area contributed by atoms with Crippen molar-refractivity contribution < 1.29 is 9.59 Å². The highest BCUT2D eigenvalue weighted by Crippen LogP contribution is 2.27. The minimum Gasteiger partial charge on any atom is -0.339 e. The Morgan fingerprint density at radius 3 is 2.26 bits per heavy atom. The molecule has 3 rings (SSSR count). The number of carbonyl (C=O) groups is 2. The van der Waals surface area contributed by atoms with E-state index in [0.29, 0.717) is 17.9 Å². The van der Waals surface area contributed by atoms with Crippen LogP contribution < -0.4 is 5.32 Å². The quantitative estimate of drug-likeness (QED) is 0.918. The largest absolute Gasteiger partial charge is 0.339 e. The van der Waals surface area contributed by atoms with Gasteiger partial charge < -0.3 is 10.2 Å². The van der Waals surface area contributed by atoms with E-state index in [2.05, 4.69) is 5.32 Å². The van der Waals surface area contributed by atoms with Gasteiger partial charge in [-0.25, -0.2) is 0 Å². The summed E-state index contributed by atoms with van der Waals surface area (Å²) in [5, 5.41) is 2.95. The molecule has 2 amide bonds. The van der Waals surface area contributed by atoms with Crippen LogP contribution in [0.3, 0.4) is 0 Å². The van der Waals surface area contributed by atoms with Crippen LogP contribution in [0.25, 0.3) is 0 Å². The zero-order valence-corrected chi connectivity index (χ0v) is 13.7. The van der Waals surface area contributed by atoms with Crippen LogP contribution in [0, 0.1) is 5.92 Å². The van der Waals surface area contributed by atoms with Gasteiger partial charge in [0, 0.05) is 30.8 Å². The molecule has 0 aromatic heterocycles. The monoisotopic (exact) mass is 314 g/mol. The Morgan fingerprint density at radius 2 is 1.61 bits per heavy atom. The lowest BCUT2D eigenvalue weighted by atomic mass is 10.0. The van der Waals surface area contributed by atoms with Gasteiger partial charge in [0.1, 0.15) is 0 Å². The van der Waals surface area contributed by atoms with Gasteiger partial charge in [0.25, 0.3) is 5.91 Å². The van der Waals surface area contributed by atoms with Crippen LogP contribution in [-0.4, -0.2) is 29.8 Å². The summed E-state index contributed by atoms with van der Waals surface area (Å²) in [4.78, 5) is 26.4. The third-order valence-electron chi connectivity index (χ3n) is 5.01. The Balaban J connectivity index is 1.53. The Hall–Kier alpha value is -1.84. The predicted molar refractivity (Wildman–Crippen MR) is 91.4 cm³/mol. The molecule has 0 bridgehead atoms. The first-order valence-electron chi connectivity index (χ1n) is 8.91. The summed E-state index contributed by atoms with van der Waals surface area (Å²) < 4.78 is 0. The first kappa shape index (κ1) is 16.0. The highest BCUT2D eigenvalue weighted by Gasteiger charge is 2.19. The number of carbonyl (C=O) groups excluding carboxylic acids is 2. The topological polar surface area (TPSA) is 49.4 Å². The summed E-state index contributed by atoms with van der Waals surface area (Å²) in [5.41, 5.74) is 1.49. The van der Waals surface area contributed by atoms with Crippen LogP contribution in [-0.2, 0) is 4.79 Å². The zero-order valence-electron chi connectivity index (χ0n) is 13.7.